The Morgan fingerprint density at radius 3 is 2.45 bits per heavy atom. The van der Waals surface area contributed by atoms with Gasteiger partial charge in [-0.1, -0.05) is 76.0 Å². The van der Waals surface area contributed by atoms with E-state index < -0.39 is 0 Å². The predicted octanol–water partition coefficient (Wildman–Crippen LogP) is 5.55. The average molecular weight is 272 g/mol. The van der Waals surface area contributed by atoms with E-state index in [-0.39, 0.29) is 11.7 Å². The SMILES string of the molecule is CCCC/C=C\C[C@H]1C=CC(=O)/C1=C/C=C/CCCC. The summed E-state index contributed by atoms with van der Waals surface area (Å²) < 4.78 is 0. The number of carbonyl (C=O) groups excluding carboxylic acids is 1. The molecule has 20 heavy (non-hydrogen) atoms. The lowest BCUT2D eigenvalue weighted by atomic mass is 9.97. The first kappa shape index (κ1) is 16.7. The first-order chi connectivity index (χ1) is 9.79. The Morgan fingerprint density at radius 1 is 1.05 bits per heavy atom. The van der Waals surface area contributed by atoms with Crippen LogP contribution in [0.3, 0.4) is 0 Å². The Hall–Kier alpha value is -1.37. The molecular formula is C19H28O. The van der Waals surface area contributed by atoms with Crippen molar-refractivity contribution in [3.8, 4) is 0 Å². The van der Waals surface area contributed by atoms with Gasteiger partial charge >= 0.3 is 0 Å². The Bertz CT molecular complexity index is 396. The van der Waals surface area contributed by atoms with Gasteiger partial charge in [0.2, 0.25) is 0 Å². The van der Waals surface area contributed by atoms with Crippen LogP contribution >= 0.6 is 0 Å². The summed E-state index contributed by atoms with van der Waals surface area (Å²) in [6.07, 6.45) is 22.5. The summed E-state index contributed by atoms with van der Waals surface area (Å²) in [5, 5.41) is 0. The summed E-state index contributed by atoms with van der Waals surface area (Å²) >= 11 is 0. The highest BCUT2D eigenvalue weighted by molar-refractivity contribution is 6.07. The zero-order valence-electron chi connectivity index (χ0n) is 13.0. The van der Waals surface area contributed by atoms with Crippen molar-refractivity contribution in [2.75, 3.05) is 0 Å². The van der Waals surface area contributed by atoms with Crippen LogP contribution < -0.4 is 0 Å². The minimum Gasteiger partial charge on any atom is -0.290 e. The number of rotatable bonds is 9. The quantitative estimate of drug-likeness (QED) is 0.305. The van der Waals surface area contributed by atoms with E-state index in [1.54, 1.807) is 6.08 Å². The number of hydrogen-bond donors (Lipinski definition) is 0. The minimum absolute atomic E-state index is 0.178. The molecule has 0 saturated heterocycles. The summed E-state index contributed by atoms with van der Waals surface area (Å²) in [5.74, 6) is 0.452. The lowest BCUT2D eigenvalue weighted by Crippen LogP contribution is -2.01. The van der Waals surface area contributed by atoms with Gasteiger partial charge in [0, 0.05) is 11.5 Å². The molecular weight excluding hydrogens is 244 g/mol. The molecule has 1 atom stereocenters. The fraction of sp³-hybridized carbons (Fsp3) is 0.526. The highest BCUT2D eigenvalue weighted by Crippen LogP contribution is 2.25. The van der Waals surface area contributed by atoms with E-state index in [0.717, 1.165) is 24.8 Å². The second-order valence-corrected chi connectivity index (χ2v) is 5.37. The maximum absolute atomic E-state index is 11.8. The molecule has 0 aromatic heterocycles. The largest absolute Gasteiger partial charge is 0.290 e. The van der Waals surface area contributed by atoms with Gasteiger partial charge in [-0.3, -0.25) is 4.79 Å². The summed E-state index contributed by atoms with van der Waals surface area (Å²) in [6, 6.07) is 0. The molecule has 1 aliphatic carbocycles. The van der Waals surface area contributed by atoms with Gasteiger partial charge in [0.1, 0.15) is 0 Å². The van der Waals surface area contributed by atoms with E-state index in [9.17, 15) is 4.79 Å². The standard InChI is InChI=1S/C19H28O/c1-3-5-7-9-11-13-17-15-16-19(20)18(17)14-12-10-8-6-4-2/h9-12,14-17H,3-8,13H2,1-2H3/b11-9-,12-10+,18-14+/t17-/m0/s1. The highest BCUT2D eigenvalue weighted by Gasteiger charge is 2.20. The van der Waals surface area contributed by atoms with Gasteiger partial charge in [0.05, 0.1) is 0 Å². The fourth-order valence-electron chi connectivity index (χ4n) is 2.27. The van der Waals surface area contributed by atoms with Crippen molar-refractivity contribution in [3.05, 3.63) is 48.1 Å². The van der Waals surface area contributed by atoms with Crippen LogP contribution in [0.15, 0.2) is 48.1 Å². The molecule has 0 amide bonds. The van der Waals surface area contributed by atoms with Crippen LogP contribution in [0, 0.1) is 5.92 Å². The van der Waals surface area contributed by atoms with Crippen LogP contribution in [0.25, 0.3) is 0 Å². The van der Waals surface area contributed by atoms with Gasteiger partial charge in [0.15, 0.2) is 5.78 Å². The third-order valence-corrected chi connectivity index (χ3v) is 3.58. The first-order valence-corrected chi connectivity index (χ1v) is 8.03. The molecule has 0 fully saturated rings. The van der Waals surface area contributed by atoms with Crippen molar-refractivity contribution in [3.63, 3.8) is 0 Å². The number of ketones is 1. The van der Waals surface area contributed by atoms with Gasteiger partial charge in [0.25, 0.3) is 0 Å². The van der Waals surface area contributed by atoms with Gasteiger partial charge in [-0.15, -0.1) is 0 Å². The smallest absolute Gasteiger partial charge is 0.182 e. The molecule has 0 bridgehead atoms. The molecule has 1 heteroatoms. The fourth-order valence-corrected chi connectivity index (χ4v) is 2.27. The second-order valence-electron chi connectivity index (χ2n) is 5.37. The molecule has 0 spiro atoms. The van der Waals surface area contributed by atoms with Crippen LogP contribution in [0.2, 0.25) is 0 Å². The molecule has 1 nitrogen and oxygen atoms in total. The molecule has 0 N–H and O–H groups in total. The summed E-state index contributed by atoms with van der Waals surface area (Å²) in [6.45, 7) is 4.40. The number of carbonyl (C=O) groups is 1. The van der Waals surface area contributed by atoms with Crippen LogP contribution in [-0.4, -0.2) is 5.78 Å². The Morgan fingerprint density at radius 2 is 1.75 bits per heavy atom. The van der Waals surface area contributed by atoms with E-state index in [1.165, 1.54) is 25.7 Å². The molecule has 0 unspecified atom stereocenters. The van der Waals surface area contributed by atoms with Crippen molar-refractivity contribution in [1.82, 2.24) is 0 Å². The van der Waals surface area contributed by atoms with E-state index >= 15 is 0 Å². The van der Waals surface area contributed by atoms with Gasteiger partial charge in [-0.25, -0.2) is 0 Å². The van der Waals surface area contributed by atoms with E-state index in [4.69, 9.17) is 0 Å². The number of hydrogen-bond acceptors (Lipinski definition) is 1. The monoisotopic (exact) mass is 272 g/mol. The highest BCUT2D eigenvalue weighted by atomic mass is 16.1. The zero-order chi connectivity index (χ0) is 14.6. The number of allylic oxidation sites excluding steroid dienone is 8. The second kappa shape index (κ2) is 10.4. The first-order valence-electron chi connectivity index (χ1n) is 8.03. The lowest BCUT2D eigenvalue weighted by Gasteiger charge is -2.06. The molecule has 0 aliphatic heterocycles. The normalized spacial score (nSPS) is 21.0. The third kappa shape index (κ3) is 6.18. The molecule has 1 aliphatic rings. The molecule has 110 valence electrons. The third-order valence-electron chi connectivity index (χ3n) is 3.58. The van der Waals surface area contributed by atoms with E-state index in [2.05, 4.69) is 32.1 Å². The van der Waals surface area contributed by atoms with Crippen molar-refractivity contribution >= 4 is 5.78 Å². The maximum atomic E-state index is 11.8. The summed E-state index contributed by atoms with van der Waals surface area (Å²) in [5.41, 5.74) is 0.942. The maximum Gasteiger partial charge on any atom is 0.182 e. The minimum atomic E-state index is 0.178. The lowest BCUT2D eigenvalue weighted by molar-refractivity contribution is -0.111. The van der Waals surface area contributed by atoms with Crippen LogP contribution in [0.1, 0.15) is 58.8 Å². The average Bonchev–Trinajstić information content (AvgIpc) is 2.79. The van der Waals surface area contributed by atoms with Crippen LogP contribution in [0.4, 0.5) is 0 Å². The molecule has 0 heterocycles. The van der Waals surface area contributed by atoms with E-state index in [0.29, 0.717) is 0 Å². The van der Waals surface area contributed by atoms with Crippen LogP contribution in [-0.2, 0) is 4.79 Å². The topological polar surface area (TPSA) is 17.1 Å². The van der Waals surface area contributed by atoms with Crippen molar-refractivity contribution in [2.45, 2.75) is 58.8 Å². The Balaban J connectivity index is 2.46. The molecule has 0 aromatic rings. The van der Waals surface area contributed by atoms with Crippen molar-refractivity contribution in [1.29, 1.82) is 0 Å². The van der Waals surface area contributed by atoms with E-state index in [1.807, 2.05) is 18.2 Å². The molecule has 0 saturated carbocycles. The Labute approximate surface area is 124 Å². The van der Waals surface area contributed by atoms with Gasteiger partial charge in [-0.2, -0.15) is 0 Å². The number of unbranched alkanes of at least 4 members (excludes halogenated alkanes) is 4. The van der Waals surface area contributed by atoms with Crippen LogP contribution in [0.5, 0.6) is 0 Å². The van der Waals surface area contributed by atoms with Gasteiger partial charge in [-0.05, 0) is 25.3 Å². The molecule has 0 aromatic carbocycles. The van der Waals surface area contributed by atoms with Crippen molar-refractivity contribution < 1.29 is 4.79 Å². The molecule has 1 rings (SSSR count). The molecule has 0 radical (unpaired) electrons. The Kier molecular flexibility index (Phi) is 8.69. The summed E-state index contributed by atoms with van der Waals surface area (Å²) in [7, 11) is 0. The predicted molar refractivity (Wildman–Crippen MR) is 87.7 cm³/mol. The van der Waals surface area contributed by atoms with Crippen molar-refractivity contribution in [2.24, 2.45) is 5.92 Å². The van der Waals surface area contributed by atoms with Gasteiger partial charge < -0.3 is 0 Å². The zero-order valence-corrected chi connectivity index (χ0v) is 13.0. The summed E-state index contributed by atoms with van der Waals surface area (Å²) in [4.78, 5) is 11.8.